The second-order valence-corrected chi connectivity index (χ2v) is 12.7. The summed E-state index contributed by atoms with van der Waals surface area (Å²) in [6, 6.07) is 18.7. The minimum Gasteiger partial charge on any atom is -0.497 e. The number of methoxy groups -OCH3 is 2. The topological polar surface area (TPSA) is 105 Å². The number of ether oxygens (including phenoxy) is 2. The van der Waals surface area contributed by atoms with Gasteiger partial charge in [-0.25, -0.2) is 8.42 Å². The van der Waals surface area contributed by atoms with E-state index in [1.54, 1.807) is 55.6 Å². The summed E-state index contributed by atoms with van der Waals surface area (Å²) in [6.45, 7) is 1.42. The molecular formula is C32H38ClN3O6S. The van der Waals surface area contributed by atoms with Gasteiger partial charge in [-0.1, -0.05) is 43.5 Å². The molecule has 1 N–H and O–H groups in total. The summed E-state index contributed by atoms with van der Waals surface area (Å²) >= 11 is 6.10. The third kappa shape index (κ3) is 8.00. The Bertz CT molecular complexity index is 1470. The van der Waals surface area contributed by atoms with Gasteiger partial charge in [-0.05, 0) is 85.5 Å². The molecule has 0 saturated heterocycles. The van der Waals surface area contributed by atoms with Crippen LogP contribution < -0.4 is 19.1 Å². The van der Waals surface area contributed by atoms with E-state index in [-0.39, 0.29) is 29.1 Å². The van der Waals surface area contributed by atoms with E-state index in [0.717, 1.165) is 35.6 Å². The van der Waals surface area contributed by atoms with E-state index in [1.165, 1.54) is 24.1 Å². The predicted octanol–water partition coefficient (Wildman–Crippen LogP) is 5.42. The summed E-state index contributed by atoms with van der Waals surface area (Å²) in [7, 11) is -1.14. The maximum absolute atomic E-state index is 14.2. The molecule has 1 aliphatic carbocycles. The maximum atomic E-state index is 14.2. The quantitative estimate of drug-likeness (QED) is 0.271. The van der Waals surface area contributed by atoms with Gasteiger partial charge in [0.1, 0.15) is 24.1 Å². The van der Waals surface area contributed by atoms with Crippen LogP contribution >= 0.6 is 11.6 Å². The lowest BCUT2D eigenvalue weighted by atomic mass is 10.1. The molecule has 0 aromatic heterocycles. The zero-order valence-corrected chi connectivity index (χ0v) is 26.2. The molecule has 0 bridgehead atoms. The largest absolute Gasteiger partial charge is 0.497 e. The summed E-state index contributed by atoms with van der Waals surface area (Å²) in [5.74, 6) is 0.397. The molecule has 1 aliphatic rings. The normalized spacial score (nSPS) is 14.1. The molecule has 1 atom stereocenters. The third-order valence-corrected chi connectivity index (χ3v) is 9.68. The zero-order chi connectivity index (χ0) is 31.0. The van der Waals surface area contributed by atoms with E-state index in [9.17, 15) is 18.0 Å². The molecule has 1 saturated carbocycles. The van der Waals surface area contributed by atoms with E-state index >= 15 is 0 Å². The van der Waals surface area contributed by atoms with Crippen LogP contribution in [0.2, 0.25) is 5.02 Å². The van der Waals surface area contributed by atoms with Gasteiger partial charge in [-0.2, -0.15) is 0 Å². The van der Waals surface area contributed by atoms with Crippen LogP contribution in [-0.2, 0) is 26.2 Å². The molecule has 230 valence electrons. The van der Waals surface area contributed by atoms with Gasteiger partial charge in [-0.15, -0.1) is 0 Å². The molecule has 43 heavy (non-hydrogen) atoms. The molecule has 0 aliphatic heterocycles. The van der Waals surface area contributed by atoms with E-state index < -0.39 is 28.5 Å². The highest BCUT2D eigenvalue weighted by Gasteiger charge is 2.34. The number of carbonyl (C=O) groups excluding carboxylic acids is 2. The molecule has 3 aromatic rings. The standard InChI is InChI=1S/C32H38ClN3O6S/c1-4-30(32(38)34-25-7-5-6-8-25)35(21-23-9-15-27(41-2)16-10-23)31(37)22-36(26-13-11-24(33)12-14-26)43(39,40)29-19-17-28(42-3)18-20-29/h9-20,25,30H,4-8,21-22H2,1-3H3,(H,34,38)/t30-/m0/s1. The molecular weight excluding hydrogens is 590 g/mol. The monoisotopic (exact) mass is 627 g/mol. The number of amides is 2. The fourth-order valence-electron chi connectivity index (χ4n) is 5.23. The number of carbonyl (C=O) groups is 2. The number of anilines is 1. The Morgan fingerprint density at radius 3 is 2.00 bits per heavy atom. The van der Waals surface area contributed by atoms with Crippen LogP contribution in [0.1, 0.15) is 44.6 Å². The summed E-state index contributed by atoms with van der Waals surface area (Å²) in [5.41, 5.74) is 1.04. The van der Waals surface area contributed by atoms with E-state index in [2.05, 4.69) is 5.32 Å². The Morgan fingerprint density at radius 2 is 1.47 bits per heavy atom. The second-order valence-electron chi connectivity index (χ2n) is 10.4. The molecule has 0 spiro atoms. The Kier molecular flexibility index (Phi) is 10.9. The lowest BCUT2D eigenvalue weighted by Crippen LogP contribution is -2.53. The van der Waals surface area contributed by atoms with Gasteiger partial charge in [0.25, 0.3) is 10.0 Å². The molecule has 1 fully saturated rings. The van der Waals surface area contributed by atoms with Crippen molar-refractivity contribution < 1.29 is 27.5 Å². The minimum atomic E-state index is -4.20. The number of nitrogens with zero attached hydrogens (tertiary/aromatic N) is 2. The maximum Gasteiger partial charge on any atom is 0.264 e. The first-order valence-electron chi connectivity index (χ1n) is 14.3. The van der Waals surface area contributed by atoms with Gasteiger partial charge in [0, 0.05) is 17.6 Å². The average molecular weight is 628 g/mol. The zero-order valence-electron chi connectivity index (χ0n) is 24.7. The van der Waals surface area contributed by atoms with Crippen molar-refractivity contribution in [1.29, 1.82) is 0 Å². The van der Waals surface area contributed by atoms with Crippen LogP contribution in [0.3, 0.4) is 0 Å². The van der Waals surface area contributed by atoms with Gasteiger partial charge in [0.2, 0.25) is 11.8 Å². The molecule has 11 heteroatoms. The van der Waals surface area contributed by atoms with Gasteiger partial charge in [-0.3, -0.25) is 13.9 Å². The highest BCUT2D eigenvalue weighted by molar-refractivity contribution is 7.92. The van der Waals surface area contributed by atoms with Crippen molar-refractivity contribution in [2.24, 2.45) is 0 Å². The molecule has 0 radical (unpaired) electrons. The Balaban J connectivity index is 1.70. The Labute approximate surface area is 258 Å². The fourth-order valence-corrected chi connectivity index (χ4v) is 6.77. The second kappa shape index (κ2) is 14.6. The van der Waals surface area contributed by atoms with Crippen molar-refractivity contribution in [3.05, 3.63) is 83.4 Å². The Hall–Kier alpha value is -3.76. The number of hydrogen-bond acceptors (Lipinski definition) is 6. The van der Waals surface area contributed by atoms with Crippen molar-refractivity contribution in [3.8, 4) is 11.5 Å². The van der Waals surface area contributed by atoms with Crippen LogP contribution in [-0.4, -0.2) is 58.0 Å². The van der Waals surface area contributed by atoms with Crippen molar-refractivity contribution >= 4 is 39.1 Å². The van der Waals surface area contributed by atoms with Crippen LogP contribution in [0.25, 0.3) is 0 Å². The number of sulfonamides is 1. The first-order chi connectivity index (χ1) is 20.7. The lowest BCUT2D eigenvalue weighted by molar-refractivity contribution is -0.140. The van der Waals surface area contributed by atoms with Crippen LogP contribution in [0.4, 0.5) is 5.69 Å². The highest BCUT2D eigenvalue weighted by Crippen LogP contribution is 2.28. The molecule has 4 rings (SSSR count). The third-order valence-electron chi connectivity index (χ3n) is 7.64. The summed E-state index contributed by atoms with van der Waals surface area (Å²) < 4.78 is 39.5. The predicted molar refractivity (Wildman–Crippen MR) is 167 cm³/mol. The van der Waals surface area contributed by atoms with Gasteiger partial charge in [0.15, 0.2) is 0 Å². The molecule has 2 amide bonds. The minimum absolute atomic E-state index is 0.0104. The number of rotatable bonds is 13. The van der Waals surface area contributed by atoms with Gasteiger partial charge >= 0.3 is 0 Å². The molecule has 0 unspecified atom stereocenters. The summed E-state index contributed by atoms with van der Waals surface area (Å²) in [5, 5.41) is 3.54. The molecule has 9 nitrogen and oxygen atoms in total. The van der Waals surface area contributed by atoms with Crippen molar-refractivity contribution in [2.45, 2.75) is 62.6 Å². The van der Waals surface area contributed by atoms with Gasteiger partial charge in [0.05, 0.1) is 24.8 Å². The molecule has 3 aromatic carbocycles. The van der Waals surface area contributed by atoms with E-state index in [0.29, 0.717) is 22.9 Å². The Morgan fingerprint density at radius 1 is 0.907 bits per heavy atom. The molecule has 0 heterocycles. The van der Waals surface area contributed by atoms with Crippen molar-refractivity contribution in [3.63, 3.8) is 0 Å². The van der Waals surface area contributed by atoms with Crippen LogP contribution in [0.15, 0.2) is 77.7 Å². The number of halogens is 1. The van der Waals surface area contributed by atoms with Crippen molar-refractivity contribution in [1.82, 2.24) is 10.2 Å². The average Bonchev–Trinajstić information content (AvgIpc) is 3.53. The SMILES string of the molecule is CC[C@@H](C(=O)NC1CCCC1)N(Cc1ccc(OC)cc1)C(=O)CN(c1ccc(Cl)cc1)S(=O)(=O)c1ccc(OC)cc1. The number of benzene rings is 3. The smallest absolute Gasteiger partial charge is 0.264 e. The highest BCUT2D eigenvalue weighted by atomic mass is 35.5. The van der Waals surface area contributed by atoms with Crippen LogP contribution in [0, 0.1) is 0 Å². The van der Waals surface area contributed by atoms with Crippen LogP contribution in [0.5, 0.6) is 11.5 Å². The fraction of sp³-hybridized carbons (Fsp3) is 0.375. The first-order valence-corrected chi connectivity index (χ1v) is 16.1. The van der Waals surface area contributed by atoms with E-state index in [4.69, 9.17) is 21.1 Å². The summed E-state index contributed by atoms with van der Waals surface area (Å²) in [6.07, 6.45) is 4.26. The van der Waals surface area contributed by atoms with Crippen molar-refractivity contribution in [2.75, 3.05) is 25.1 Å². The summed E-state index contributed by atoms with van der Waals surface area (Å²) in [4.78, 5) is 29.2. The lowest BCUT2D eigenvalue weighted by Gasteiger charge is -2.33. The first kappa shape index (κ1) is 32.2. The van der Waals surface area contributed by atoms with E-state index in [1.807, 2.05) is 19.1 Å². The van der Waals surface area contributed by atoms with Gasteiger partial charge < -0.3 is 19.7 Å². The number of hydrogen-bond donors (Lipinski definition) is 1. The number of nitrogens with one attached hydrogen (secondary N) is 1.